The number of nitrogens with zero attached hydrogens (tertiary/aromatic N) is 1. The van der Waals surface area contributed by atoms with Gasteiger partial charge in [-0.25, -0.2) is 9.37 Å². The lowest BCUT2D eigenvalue weighted by Gasteiger charge is -2.20. The summed E-state index contributed by atoms with van der Waals surface area (Å²) in [6, 6.07) is 4.85. The average Bonchev–Trinajstić information content (AvgIpc) is 3.04. The van der Waals surface area contributed by atoms with E-state index in [-0.39, 0.29) is 24.4 Å². The molecule has 0 aliphatic rings. The van der Waals surface area contributed by atoms with Crippen LogP contribution in [0.15, 0.2) is 36.7 Å². The van der Waals surface area contributed by atoms with E-state index in [2.05, 4.69) is 20.6 Å². The second-order valence-electron chi connectivity index (χ2n) is 5.45. The maximum absolute atomic E-state index is 12.8. The molecular formula is C16H19FN4O2. The number of halogens is 1. The summed E-state index contributed by atoms with van der Waals surface area (Å²) in [4.78, 5) is 31.0. The van der Waals surface area contributed by atoms with Crippen LogP contribution in [0.5, 0.6) is 0 Å². The van der Waals surface area contributed by atoms with Crippen molar-refractivity contribution in [1.82, 2.24) is 20.6 Å². The predicted octanol–water partition coefficient (Wildman–Crippen LogP) is 1.79. The standard InChI is InChI=1S/C16H19FN4O2/c1-10(2)14(15-18-7-8-19-15)21-13(22)9-20-16(23)11-3-5-12(17)6-4-11/h3-8,10,14H,9H2,1-2H3,(H,18,19)(H,20,23)(H,21,22)/t14-/m0/s1. The molecular weight excluding hydrogens is 299 g/mol. The van der Waals surface area contributed by atoms with Gasteiger partial charge in [-0.3, -0.25) is 9.59 Å². The van der Waals surface area contributed by atoms with Gasteiger partial charge in [0, 0.05) is 18.0 Å². The molecule has 2 amide bonds. The van der Waals surface area contributed by atoms with Crippen molar-refractivity contribution < 1.29 is 14.0 Å². The molecule has 2 aromatic rings. The second kappa shape index (κ2) is 7.53. The summed E-state index contributed by atoms with van der Waals surface area (Å²) in [7, 11) is 0. The Morgan fingerprint density at radius 3 is 2.52 bits per heavy atom. The Kier molecular flexibility index (Phi) is 5.46. The van der Waals surface area contributed by atoms with Crippen molar-refractivity contribution in [3.63, 3.8) is 0 Å². The Bertz CT molecular complexity index is 653. The van der Waals surface area contributed by atoms with Gasteiger partial charge in [-0.1, -0.05) is 13.8 Å². The highest BCUT2D eigenvalue weighted by Crippen LogP contribution is 2.17. The van der Waals surface area contributed by atoms with Crippen molar-refractivity contribution in [2.75, 3.05) is 6.54 Å². The molecule has 0 aliphatic carbocycles. The molecule has 1 aromatic carbocycles. The molecule has 0 radical (unpaired) electrons. The van der Waals surface area contributed by atoms with Gasteiger partial charge in [-0.2, -0.15) is 0 Å². The van der Waals surface area contributed by atoms with Crippen molar-refractivity contribution in [3.05, 3.63) is 53.9 Å². The van der Waals surface area contributed by atoms with Gasteiger partial charge in [0.25, 0.3) is 5.91 Å². The molecule has 0 aliphatic heterocycles. The number of carbonyl (C=O) groups excluding carboxylic acids is 2. The Morgan fingerprint density at radius 1 is 1.26 bits per heavy atom. The van der Waals surface area contributed by atoms with Gasteiger partial charge in [-0.05, 0) is 30.2 Å². The number of H-pyrrole nitrogens is 1. The van der Waals surface area contributed by atoms with Gasteiger partial charge in [0.1, 0.15) is 11.6 Å². The van der Waals surface area contributed by atoms with Gasteiger partial charge in [0.05, 0.1) is 12.6 Å². The summed E-state index contributed by atoms with van der Waals surface area (Å²) in [5.74, 6) is -0.372. The molecule has 3 N–H and O–H groups in total. The zero-order valence-electron chi connectivity index (χ0n) is 13.0. The minimum absolute atomic E-state index is 0.137. The van der Waals surface area contributed by atoms with Gasteiger partial charge in [0.2, 0.25) is 5.91 Å². The van der Waals surface area contributed by atoms with Crippen LogP contribution in [0.25, 0.3) is 0 Å². The summed E-state index contributed by atoms with van der Waals surface area (Å²) in [5, 5.41) is 5.33. The number of hydrogen-bond acceptors (Lipinski definition) is 3. The summed E-state index contributed by atoms with van der Waals surface area (Å²) >= 11 is 0. The van der Waals surface area contributed by atoms with Crippen LogP contribution < -0.4 is 10.6 Å². The summed E-state index contributed by atoms with van der Waals surface area (Å²) in [6.45, 7) is 3.76. The monoisotopic (exact) mass is 318 g/mol. The van der Waals surface area contributed by atoms with E-state index in [0.717, 1.165) is 0 Å². The van der Waals surface area contributed by atoms with Crippen LogP contribution in [-0.4, -0.2) is 28.3 Å². The highest BCUT2D eigenvalue weighted by atomic mass is 19.1. The molecule has 0 saturated heterocycles. The van der Waals surface area contributed by atoms with Crippen molar-refractivity contribution in [2.45, 2.75) is 19.9 Å². The molecule has 23 heavy (non-hydrogen) atoms. The fourth-order valence-electron chi connectivity index (χ4n) is 2.09. The third-order valence-electron chi connectivity index (χ3n) is 3.31. The third-order valence-corrected chi connectivity index (χ3v) is 3.31. The van der Waals surface area contributed by atoms with Crippen molar-refractivity contribution in [1.29, 1.82) is 0 Å². The fraction of sp³-hybridized carbons (Fsp3) is 0.312. The normalized spacial score (nSPS) is 12.0. The van der Waals surface area contributed by atoms with E-state index in [9.17, 15) is 14.0 Å². The van der Waals surface area contributed by atoms with Gasteiger partial charge in [-0.15, -0.1) is 0 Å². The lowest BCUT2D eigenvalue weighted by atomic mass is 10.0. The Labute approximate surface area is 133 Å². The molecule has 0 fully saturated rings. The van der Waals surface area contributed by atoms with E-state index in [1.165, 1.54) is 24.3 Å². The van der Waals surface area contributed by atoms with Gasteiger partial charge >= 0.3 is 0 Å². The molecule has 6 nitrogen and oxygen atoms in total. The largest absolute Gasteiger partial charge is 0.347 e. The lowest BCUT2D eigenvalue weighted by molar-refractivity contribution is -0.121. The number of aromatic amines is 1. The molecule has 0 saturated carbocycles. The van der Waals surface area contributed by atoms with E-state index >= 15 is 0 Å². The van der Waals surface area contributed by atoms with Crippen LogP contribution in [0.1, 0.15) is 36.1 Å². The number of hydrogen-bond donors (Lipinski definition) is 3. The smallest absolute Gasteiger partial charge is 0.251 e. The van der Waals surface area contributed by atoms with Crippen LogP contribution in [0, 0.1) is 11.7 Å². The first-order chi connectivity index (χ1) is 11.0. The molecule has 2 rings (SSSR count). The first-order valence-corrected chi connectivity index (χ1v) is 7.29. The summed E-state index contributed by atoms with van der Waals surface area (Å²) < 4.78 is 12.8. The minimum atomic E-state index is -0.431. The first kappa shape index (κ1) is 16.7. The van der Waals surface area contributed by atoms with Crippen LogP contribution in [0.4, 0.5) is 4.39 Å². The highest BCUT2D eigenvalue weighted by molar-refractivity contribution is 5.96. The van der Waals surface area contributed by atoms with Gasteiger partial charge < -0.3 is 15.6 Å². The topological polar surface area (TPSA) is 86.9 Å². The lowest BCUT2D eigenvalue weighted by Crippen LogP contribution is -2.40. The van der Waals surface area contributed by atoms with E-state index in [4.69, 9.17) is 0 Å². The maximum atomic E-state index is 12.8. The second-order valence-corrected chi connectivity index (χ2v) is 5.45. The number of carbonyl (C=O) groups is 2. The van der Waals surface area contributed by atoms with Crippen molar-refractivity contribution in [3.8, 4) is 0 Å². The van der Waals surface area contributed by atoms with Crippen LogP contribution in [-0.2, 0) is 4.79 Å². The van der Waals surface area contributed by atoms with E-state index in [1.54, 1.807) is 12.4 Å². The molecule has 0 bridgehead atoms. The van der Waals surface area contributed by atoms with E-state index in [1.807, 2.05) is 13.8 Å². The van der Waals surface area contributed by atoms with Crippen LogP contribution in [0.2, 0.25) is 0 Å². The third kappa shape index (κ3) is 4.64. The molecule has 1 atom stereocenters. The zero-order chi connectivity index (χ0) is 16.8. The Balaban J connectivity index is 1.89. The molecule has 0 unspecified atom stereocenters. The van der Waals surface area contributed by atoms with Crippen LogP contribution >= 0.6 is 0 Å². The van der Waals surface area contributed by atoms with Crippen molar-refractivity contribution in [2.24, 2.45) is 5.92 Å². The average molecular weight is 318 g/mol. The minimum Gasteiger partial charge on any atom is -0.347 e. The quantitative estimate of drug-likeness (QED) is 0.759. The van der Waals surface area contributed by atoms with Crippen molar-refractivity contribution >= 4 is 11.8 Å². The van der Waals surface area contributed by atoms with Gasteiger partial charge in [0.15, 0.2) is 0 Å². The number of amides is 2. The number of nitrogens with one attached hydrogen (secondary N) is 3. The fourth-order valence-corrected chi connectivity index (χ4v) is 2.09. The maximum Gasteiger partial charge on any atom is 0.251 e. The first-order valence-electron chi connectivity index (χ1n) is 7.29. The highest BCUT2D eigenvalue weighted by Gasteiger charge is 2.20. The molecule has 0 spiro atoms. The number of aromatic nitrogens is 2. The molecule has 7 heteroatoms. The number of benzene rings is 1. The predicted molar refractivity (Wildman–Crippen MR) is 83.0 cm³/mol. The zero-order valence-corrected chi connectivity index (χ0v) is 13.0. The van der Waals surface area contributed by atoms with E-state index in [0.29, 0.717) is 11.4 Å². The molecule has 1 aromatic heterocycles. The Morgan fingerprint density at radius 2 is 1.96 bits per heavy atom. The SMILES string of the molecule is CC(C)[C@H](NC(=O)CNC(=O)c1ccc(F)cc1)c1ncc[nH]1. The van der Waals surface area contributed by atoms with E-state index < -0.39 is 11.7 Å². The summed E-state index contributed by atoms with van der Waals surface area (Å²) in [5.41, 5.74) is 0.297. The number of rotatable bonds is 6. The molecule has 1 heterocycles. The number of imidazole rings is 1. The molecule has 122 valence electrons. The van der Waals surface area contributed by atoms with Crippen LogP contribution in [0.3, 0.4) is 0 Å². The Hall–Kier alpha value is -2.70. The summed E-state index contributed by atoms with van der Waals surface area (Å²) in [6.07, 6.45) is 3.31.